The Hall–Kier alpha value is -1.02. The van der Waals surface area contributed by atoms with Gasteiger partial charge in [-0.05, 0) is 37.5 Å². The summed E-state index contributed by atoms with van der Waals surface area (Å²) in [6, 6.07) is 8.48. The summed E-state index contributed by atoms with van der Waals surface area (Å²) in [5.41, 5.74) is 1.47. The van der Waals surface area contributed by atoms with Crippen LogP contribution in [0.15, 0.2) is 29.3 Å². The molecule has 0 amide bonds. The molecule has 1 aliphatic carbocycles. The smallest absolute Gasteiger partial charge is 0.191 e. The third-order valence-corrected chi connectivity index (χ3v) is 4.73. The fraction of sp³-hybridized carbons (Fsp3) is 0.632. The van der Waals surface area contributed by atoms with Gasteiger partial charge in [-0.15, -0.1) is 24.0 Å². The van der Waals surface area contributed by atoms with Gasteiger partial charge in [-0.1, -0.05) is 25.0 Å². The average Bonchev–Trinajstić information content (AvgIpc) is 3.10. The molecule has 1 aromatic carbocycles. The lowest BCUT2D eigenvalue weighted by Crippen LogP contribution is -2.40. The van der Waals surface area contributed by atoms with Crippen LogP contribution in [0.3, 0.4) is 0 Å². The molecule has 142 valence electrons. The SMILES string of the molecule is CCNC(=NCC1(c2cccc(OC)c2)CCCC1)NCCOC.I. The van der Waals surface area contributed by atoms with E-state index in [-0.39, 0.29) is 29.4 Å². The summed E-state index contributed by atoms with van der Waals surface area (Å²) in [5.74, 6) is 1.79. The minimum absolute atomic E-state index is 0. The van der Waals surface area contributed by atoms with E-state index in [1.165, 1.54) is 31.2 Å². The molecule has 1 fully saturated rings. The molecule has 1 aliphatic rings. The monoisotopic (exact) mass is 461 g/mol. The van der Waals surface area contributed by atoms with Crippen LogP contribution in [0, 0.1) is 0 Å². The lowest BCUT2D eigenvalue weighted by atomic mass is 9.79. The van der Waals surface area contributed by atoms with Crippen LogP contribution in [0.1, 0.15) is 38.2 Å². The molecule has 0 radical (unpaired) electrons. The van der Waals surface area contributed by atoms with Crippen molar-refractivity contribution < 1.29 is 9.47 Å². The highest BCUT2D eigenvalue weighted by molar-refractivity contribution is 14.0. The first-order valence-corrected chi connectivity index (χ1v) is 8.90. The molecule has 0 saturated heterocycles. The molecule has 1 aromatic rings. The molecule has 0 aromatic heterocycles. The molecule has 0 unspecified atom stereocenters. The van der Waals surface area contributed by atoms with Crippen molar-refractivity contribution >= 4 is 29.9 Å². The lowest BCUT2D eigenvalue weighted by Gasteiger charge is -2.28. The van der Waals surface area contributed by atoms with Crippen LogP contribution in [0.2, 0.25) is 0 Å². The van der Waals surface area contributed by atoms with Crippen molar-refractivity contribution in [2.75, 3.05) is 40.5 Å². The van der Waals surface area contributed by atoms with Gasteiger partial charge in [0.2, 0.25) is 0 Å². The molecule has 6 heteroatoms. The number of halogens is 1. The Kier molecular flexibility index (Phi) is 10.2. The van der Waals surface area contributed by atoms with Gasteiger partial charge in [-0.25, -0.2) is 0 Å². The topological polar surface area (TPSA) is 54.9 Å². The maximum Gasteiger partial charge on any atom is 0.191 e. The second-order valence-corrected chi connectivity index (χ2v) is 6.33. The van der Waals surface area contributed by atoms with Crippen molar-refractivity contribution in [1.29, 1.82) is 0 Å². The summed E-state index contributed by atoms with van der Waals surface area (Å²) >= 11 is 0. The molecular formula is C19H32IN3O2. The molecule has 0 heterocycles. The third-order valence-electron chi connectivity index (χ3n) is 4.73. The number of ether oxygens (including phenoxy) is 2. The minimum Gasteiger partial charge on any atom is -0.497 e. The van der Waals surface area contributed by atoms with Gasteiger partial charge in [0.05, 0.1) is 20.3 Å². The van der Waals surface area contributed by atoms with Crippen LogP contribution in [0.25, 0.3) is 0 Å². The summed E-state index contributed by atoms with van der Waals surface area (Å²) < 4.78 is 10.5. The lowest BCUT2D eigenvalue weighted by molar-refractivity contribution is 0.203. The van der Waals surface area contributed by atoms with Crippen LogP contribution < -0.4 is 15.4 Å². The van der Waals surface area contributed by atoms with Crippen LogP contribution in [0.4, 0.5) is 0 Å². The molecule has 5 nitrogen and oxygen atoms in total. The van der Waals surface area contributed by atoms with E-state index >= 15 is 0 Å². The molecule has 0 spiro atoms. The highest BCUT2D eigenvalue weighted by atomic mass is 127. The maximum atomic E-state index is 5.41. The van der Waals surface area contributed by atoms with Gasteiger partial charge >= 0.3 is 0 Å². The maximum absolute atomic E-state index is 5.41. The van der Waals surface area contributed by atoms with Gasteiger partial charge in [0, 0.05) is 25.6 Å². The second-order valence-electron chi connectivity index (χ2n) is 6.33. The van der Waals surface area contributed by atoms with E-state index in [0.29, 0.717) is 6.61 Å². The molecular weight excluding hydrogens is 429 g/mol. The van der Waals surface area contributed by atoms with Gasteiger partial charge in [0.25, 0.3) is 0 Å². The molecule has 25 heavy (non-hydrogen) atoms. The van der Waals surface area contributed by atoms with Crippen LogP contribution >= 0.6 is 24.0 Å². The number of nitrogens with one attached hydrogen (secondary N) is 2. The predicted molar refractivity (Wildman–Crippen MR) is 114 cm³/mol. The first kappa shape index (κ1) is 22.0. The summed E-state index contributed by atoms with van der Waals surface area (Å²) in [5, 5.41) is 6.64. The highest BCUT2D eigenvalue weighted by Gasteiger charge is 2.35. The Morgan fingerprint density at radius 1 is 1.20 bits per heavy atom. The summed E-state index contributed by atoms with van der Waals surface area (Å²) in [6.45, 7) is 5.16. The average molecular weight is 461 g/mol. The van der Waals surface area contributed by atoms with Crippen molar-refractivity contribution in [3.63, 3.8) is 0 Å². The van der Waals surface area contributed by atoms with Gasteiger partial charge in [-0.3, -0.25) is 4.99 Å². The van der Waals surface area contributed by atoms with Gasteiger partial charge in [-0.2, -0.15) is 0 Å². The molecule has 0 bridgehead atoms. The number of benzene rings is 1. The van der Waals surface area contributed by atoms with Crippen molar-refractivity contribution in [3.8, 4) is 5.75 Å². The quantitative estimate of drug-likeness (QED) is 0.270. The highest BCUT2D eigenvalue weighted by Crippen LogP contribution is 2.42. The summed E-state index contributed by atoms with van der Waals surface area (Å²) in [7, 11) is 3.43. The first-order valence-electron chi connectivity index (χ1n) is 8.90. The van der Waals surface area contributed by atoms with Gasteiger partial charge in [0.1, 0.15) is 5.75 Å². The number of rotatable bonds is 8. The molecule has 0 atom stereocenters. The second kappa shape index (κ2) is 11.6. The van der Waals surface area contributed by atoms with E-state index < -0.39 is 0 Å². The Bertz CT molecular complexity index is 531. The summed E-state index contributed by atoms with van der Waals surface area (Å²) in [4.78, 5) is 4.87. The Morgan fingerprint density at radius 2 is 1.96 bits per heavy atom. The van der Waals surface area contributed by atoms with E-state index in [4.69, 9.17) is 14.5 Å². The fourth-order valence-electron chi connectivity index (χ4n) is 3.39. The van der Waals surface area contributed by atoms with Crippen molar-refractivity contribution in [2.24, 2.45) is 4.99 Å². The van der Waals surface area contributed by atoms with Gasteiger partial charge in [0.15, 0.2) is 5.96 Å². The number of methoxy groups -OCH3 is 2. The summed E-state index contributed by atoms with van der Waals surface area (Å²) in [6.07, 6.45) is 4.89. The van der Waals surface area contributed by atoms with Crippen LogP contribution in [-0.2, 0) is 10.2 Å². The van der Waals surface area contributed by atoms with Crippen molar-refractivity contribution in [3.05, 3.63) is 29.8 Å². The zero-order valence-corrected chi connectivity index (χ0v) is 18.0. The Balaban J connectivity index is 0.00000312. The zero-order valence-electron chi connectivity index (χ0n) is 15.6. The standard InChI is InChI=1S/C19H31N3O2.HI/c1-4-20-18(21-12-13-23-2)22-15-19(10-5-6-11-19)16-8-7-9-17(14-16)24-3;/h7-9,14H,4-6,10-13,15H2,1-3H3,(H2,20,21,22);1H. The number of hydrogen-bond acceptors (Lipinski definition) is 3. The number of hydrogen-bond donors (Lipinski definition) is 2. The number of aliphatic imine (C=N–C) groups is 1. The number of guanidine groups is 1. The largest absolute Gasteiger partial charge is 0.497 e. The minimum atomic E-state index is 0. The van der Waals surface area contributed by atoms with Crippen molar-refractivity contribution in [1.82, 2.24) is 10.6 Å². The van der Waals surface area contributed by atoms with E-state index in [1.54, 1.807) is 14.2 Å². The van der Waals surface area contributed by atoms with Crippen molar-refractivity contribution in [2.45, 2.75) is 38.0 Å². The normalized spacial score (nSPS) is 16.2. The molecule has 1 saturated carbocycles. The van der Waals surface area contributed by atoms with Crippen LogP contribution in [-0.4, -0.2) is 46.4 Å². The van der Waals surface area contributed by atoms with E-state index in [2.05, 4.69) is 35.8 Å². The molecule has 0 aliphatic heterocycles. The zero-order chi connectivity index (χ0) is 17.3. The van der Waals surface area contributed by atoms with Gasteiger partial charge < -0.3 is 20.1 Å². The Labute approximate surface area is 169 Å². The van der Waals surface area contributed by atoms with E-state index in [9.17, 15) is 0 Å². The van der Waals surface area contributed by atoms with E-state index in [1.807, 2.05) is 6.07 Å². The first-order chi connectivity index (χ1) is 11.7. The molecule has 2 N–H and O–H groups in total. The Morgan fingerprint density at radius 3 is 2.60 bits per heavy atom. The van der Waals surface area contributed by atoms with Crippen LogP contribution in [0.5, 0.6) is 5.75 Å². The predicted octanol–water partition coefficient (Wildman–Crippen LogP) is 3.33. The molecule has 2 rings (SSSR count). The fourth-order valence-corrected chi connectivity index (χ4v) is 3.39. The van der Waals surface area contributed by atoms with E-state index in [0.717, 1.165) is 31.3 Å². The third kappa shape index (κ3) is 6.33. The number of nitrogens with zero attached hydrogens (tertiary/aromatic N) is 1.